The predicted molar refractivity (Wildman–Crippen MR) is 88.2 cm³/mol. The quantitative estimate of drug-likeness (QED) is 0.699. The second-order valence-corrected chi connectivity index (χ2v) is 5.32. The maximum Gasteiger partial charge on any atom is 0.124 e. The maximum absolute atomic E-state index is 6.05. The number of nitrogens with zero attached hydrogens (tertiary/aromatic N) is 3. The summed E-state index contributed by atoms with van der Waals surface area (Å²) < 4.78 is 7.53. The average Bonchev–Trinajstić information content (AvgIpc) is 2.88. The first-order valence-electron chi connectivity index (χ1n) is 7.54. The fraction of sp³-hybridized carbons (Fsp3) is 0.562. The minimum atomic E-state index is 0.433. The van der Waals surface area contributed by atoms with Gasteiger partial charge in [0.25, 0.3) is 0 Å². The van der Waals surface area contributed by atoms with Gasteiger partial charge in [-0.15, -0.1) is 11.6 Å². The minimum Gasteiger partial charge on any atom is -0.497 e. The topological polar surface area (TPSA) is 30.3 Å². The Kier molecular flexibility index (Phi) is 5.88. The molecule has 116 valence electrons. The summed E-state index contributed by atoms with van der Waals surface area (Å²) in [5.74, 6) is 2.22. The van der Waals surface area contributed by atoms with Crippen LogP contribution in [-0.2, 0) is 12.4 Å². The van der Waals surface area contributed by atoms with Crippen LogP contribution in [0.15, 0.2) is 18.2 Å². The zero-order valence-corrected chi connectivity index (χ0v) is 13.9. The highest BCUT2D eigenvalue weighted by molar-refractivity contribution is 6.16. The lowest BCUT2D eigenvalue weighted by Crippen LogP contribution is -2.25. The lowest BCUT2D eigenvalue weighted by molar-refractivity contribution is 0.293. The summed E-state index contributed by atoms with van der Waals surface area (Å²) in [6.45, 7) is 8.62. The van der Waals surface area contributed by atoms with Gasteiger partial charge in [-0.05, 0) is 38.2 Å². The van der Waals surface area contributed by atoms with Gasteiger partial charge in [0.05, 0.1) is 24.0 Å². The third kappa shape index (κ3) is 3.69. The van der Waals surface area contributed by atoms with E-state index in [0.717, 1.165) is 55.2 Å². The van der Waals surface area contributed by atoms with Crippen molar-refractivity contribution in [2.45, 2.75) is 32.7 Å². The van der Waals surface area contributed by atoms with Crippen LogP contribution in [0.25, 0.3) is 11.0 Å². The number of aromatic nitrogens is 2. The van der Waals surface area contributed by atoms with Gasteiger partial charge in [-0.3, -0.25) is 0 Å². The van der Waals surface area contributed by atoms with E-state index in [1.807, 2.05) is 18.2 Å². The molecule has 0 amide bonds. The normalized spacial score (nSPS) is 11.5. The summed E-state index contributed by atoms with van der Waals surface area (Å²) in [4.78, 5) is 7.04. The van der Waals surface area contributed by atoms with Gasteiger partial charge in [-0.2, -0.15) is 0 Å². The minimum absolute atomic E-state index is 0.433. The van der Waals surface area contributed by atoms with Gasteiger partial charge in [-0.1, -0.05) is 13.8 Å². The highest BCUT2D eigenvalue weighted by atomic mass is 35.5. The van der Waals surface area contributed by atoms with E-state index in [-0.39, 0.29) is 0 Å². The number of halogens is 1. The number of alkyl halides is 1. The summed E-state index contributed by atoms with van der Waals surface area (Å²) in [7, 11) is 1.69. The van der Waals surface area contributed by atoms with E-state index in [9.17, 15) is 0 Å². The first-order valence-corrected chi connectivity index (χ1v) is 8.08. The number of hydrogen-bond acceptors (Lipinski definition) is 3. The van der Waals surface area contributed by atoms with E-state index >= 15 is 0 Å². The number of hydrogen-bond donors (Lipinski definition) is 0. The van der Waals surface area contributed by atoms with Gasteiger partial charge in [0.15, 0.2) is 0 Å². The van der Waals surface area contributed by atoms with Crippen molar-refractivity contribution in [3.8, 4) is 5.75 Å². The molecule has 0 saturated heterocycles. The Morgan fingerprint density at radius 1 is 1.29 bits per heavy atom. The molecule has 0 N–H and O–H groups in total. The Balaban J connectivity index is 2.20. The van der Waals surface area contributed by atoms with E-state index in [4.69, 9.17) is 16.3 Å². The molecule has 0 aliphatic carbocycles. The number of fused-ring (bicyclic) bond motifs is 1. The van der Waals surface area contributed by atoms with Gasteiger partial charge in [-0.25, -0.2) is 4.98 Å². The van der Waals surface area contributed by atoms with Crippen LogP contribution in [0.5, 0.6) is 5.75 Å². The predicted octanol–water partition coefficient (Wildman–Crippen LogP) is 3.52. The van der Waals surface area contributed by atoms with Crippen LogP contribution >= 0.6 is 11.6 Å². The van der Waals surface area contributed by atoms with E-state index in [0.29, 0.717) is 5.88 Å². The molecule has 1 aromatic heterocycles. The highest BCUT2D eigenvalue weighted by Gasteiger charge is 2.11. The summed E-state index contributed by atoms with van der Waals surface area (Å²) in [6.07, 6.45) is 1.09. The molecule has 0 spiro atoms. The lowest BCUT2D eigenvalue weighted by atomic mass is 10.3. The molecular weight excluding hydrogens is 286 g/mol. The molecule has 1 heterocycles. The molecule has 1 aromatic carbocycles. The van der Waals surface area contributed by atoms with Crippen molar-refractivity contribution in [3.63, 3.8) is 0 Å². The van der Waals surface area contributed by atoms with Crippen LogP contribution in [0.4, 0.5) is 0 Å². The van der Waals surface area contributed by atoms with Crippen LogP contribution in [0.1, 0.15) is 26.1 Å². The molecule has 0 saturated carbocycles. The number of methoxy groups -OCH3 is 1. The van der Waals surface area contributed by atoms with Gasteiger partial charge in [0, 0.05) is 12.6 Å². The maximum atomic E-state index is 6.05. The Bertz CT molecular complexity index is 578. The van der Waals surface area contributed by atoms with E-state index < -0.39 is 0 Å². The third-order valence-electron chi connectivity index (χ3n) is 3.90. The summed E-state index contributed by atoms with van der Waals surface area (Å²) in [5, 5.41) is 0. The van der Waals surface area contributed by atoms with Gasteiger partial charge >= 0.3 is 0 Å². The van der Waals surface area contributed by atoms with Gasteiger partial charge < -0.3 is 14.2 Å². The number of rotatable bonds is 8. The fourth-order valence-electron chi connectivity index (χ4n) is 2.62. The van der Waals surface area contributed by atoms with Crippen molar-refractivity contribution in [1.82, 2.24) is 14.5 Å². The zero-order valence-electron chi connectivity index (χ0n) is 13.1. The molecule has 0 aliphatic heterocycles. The Labute approximate surface area is 131 Å². The molecule has 21 heavy (non-hydrogen) atoms. The summed E-state index contributed by atoms with van der Waals surface area (Å²) in [6, 6.07) is 5.97. The zero-order chi connectivity index (χ0) is 15.2. The van der Waals surface area contributed by atoms with Crippen molar-refractivity contribution < 1.29 is 4.74 Å². The second-order valence-electron chi connectivity index (χ2n) is 5.05. The van der Waals surface area contributed by atoms with E-state index in [1.165, 1.54) is 0 Å². The van der Waals surface area contributed by atoms with Crippen LogP contribution in [0.2, 0.25) is 0 Å². The summed E-state index contributed by atoms with van der Waals surface area (Å²) >= 11 is 6.05. The lowest BCUT2D eigenvalue weighted by Gasteiger charge is -2.18. The third-order valence-corrected chi connectivity index (χ3v) is 4.14. The van der Waals surface area contributed by atoms with E-state index in [1.54, 1.807) is 7.11 Å². The van der Waals surface area contributed by atoms with Crippen LogP contribution in [0, 0.1) is 0 Å². The molecule has 0 aliphatic rings. The number of aryl methyl sites for hydroxylation is 1. The monoisotopic (exact) mass is 309 g/mol. The van der Waals surface area contributed by atoms with Crippen molar-refractivity contribution >= 4 is 22.6 Å². The number of imidazole rings is 1. The molecule has 0 atom stereocenters. The highest BCUT2D eigenvalue weighted by Crippen LogP contribution is 2.23. The molecular formula is C16H24ClN3O. The Hall–Kier alpha value is -1.26. The van der Waals surface area contributed by atoms with Crippen molar-refractivity contribution in [1.29, 1.82) is 0 Å². The molecule has 4 nitrogen and oxygen atoms in total. The average molecular weight is 310 g/mol. The summed E-state index contributed by atoms with van der Waals surface area (Å²) in [5.41, 5.74) is 2.08. The molecule has 2 rings (SSSR count). The molecule has 2 aromatic rings. The number of benzene rings is 1. The first-order chi connectivity index (χ1) is 10.2. The molecule has 0 radical (unpaired) electrons. The molecule has 0 fully saturated rings. The van der Waals surface area contributed by atoms with E-state index in [2.05, 4.69) is 28.3 Å². The van der Waals surface area contributed by atoms with Gasteiger partial charge in [0.1, 0.15) is 11.6 Å². The smallest absolute Gasteiger partial charge is 0.124 e. The van der Waals surface area contributed by atoms with Crippen molar-refractivity contribution in [2.24, 2.45) is 0 Å². The SMILES string of the molecule is CCN(CC)CCCn1c(CCl)nc2ccc(OC)cc21. The molecule has 0 bridgehead atoms. The van der Waals surface area contributed by atoms with Crippen LogP contribution < -0.4 is 4.74 Å². The number of ether oxygens (including phenoxy) is 1. The van der Waals surface area contributed by atoms with Crippen LogP contribution in [0.3, 0.4) is 0 Å². The van der Waals surface area contributed by atoms with Crippen molar-refractivity contribution in [2.75, 3.05) is 26.7 Å². The Morgan fingerprint density at radius 2 is 2.05 bits per heavy atom. The first kappa shape index (κ1) is 16.1. The van der Waals surface area contributed by atoms with Crippen LogP contribution in [-0.4, -0.2) is 41.2 Å². The Morgan fingerprint density at radius 3 is 2.67 bits per heavy atom. The molecule has 5 heteroatoms. The molecule has 0 unspecified atom stereocenters. The largest absolute Gasteiger partial charge is 0.497 e. The standard InChI is InChI=1S/C16H24ClN3O/c1-4-19(5-2)9-6-10-20-15-11-13(21-3)7-8-14(15)18-16(20)12-17/h7-8,11H,4-6,9-10,12H2,1-3H3. The van der Waals surface area contributed by atoms with Crippen molar-refractivity contribution in [3.05, 3.63) is 24.0 Å². The second kappa shape index (κ2) is 7.66. The van der Waals surface area contributed by atoms with Gasteiger partial charge in [0.2, 0.25) is 0 Å². The fourth-order valence-corrected chi connectivity index (χ4v) is 2.83.